The maximum absolute atomic E-state index is 11.2. The molecular weight excluding hydrogens is 280 g/mol. The van der Waals surface area contributed by atoms with Crippen molar-refractivity contribution < 1.29 is 19.6 Å². The molecule has 0 aromatic carbocycles. The van der Waals surface area contributed by atoms with E-state index in [1.807, 2.05) is 13.8 Å². The fourth-order valence-electron chi connectivity index (χ4n) is 1.94. The maximum atomic E-state index is 11.2. The number of anilines is 1. The van der Waals surface area contributed by atoms with Gasteiger partial charge in [-0.05, 0) is 20.8 Å². The molecule has 0 saturated heterocycles. The Kier molecular flexibility index (Phi) is 5.65. The number of carbonyl (C=O) groups is 1. The van der Waals surface area contributed by atoms with Crippen LogP contribution in [0.15, 0.2) is 0 Å². The molecule has 0 saturated carbocycles. The Balaban J connectivity index is 3.00. The number of rotatable bonds is 8. The first kappa shape index (κ1) is 16.9. The number of aryl methyl sites for hydroxylation is 1. The SMILES string of the molecule is COC(CNc1c([N+](=O)[O-])c(C)nn1C(C)C)CC(=O)O. The standard InChI is InChI=1S/C12H20N4O5/c1-7(2)15-12(11(16(19)20)8(3)14-15)13-6-9(21-4)5-10(17)18/h7,9,13H,5-6H2,1-4H3,(H,17,18). The molecular formula is C12H20N4O5. The second-order valence-corrected chi connectivity index (χ2v) is 4.91. The normalized spacial score (nSPS) is 12.4. The molecule has 0 bridgehead atoms. The van der Waals surface area contributed by atoms with E-state index in [1.165, 1.54) is 11.8 Å². The van der Waals surface area contributed by atoms with Gasteiger partial charge in [0.05, 0.1) is 17.4 Å². The molecule has 9 nitrogen and oxygen atoms in total. The molecule has 2 N–H and O–H groups in total. The third-order valence-corrected chi connectivity index (χ3v) is 2.96. The van der Waals surface area contributed by atoms with Crippen LogP contribution in [0.1, 0.15) is 32.0 Å². The highest BCUT2D eigenvalue weighted by molar-refractivity contribution is 5.67. The van der Waals surface area contributed by atoms with Gasteiger partial charge in [-0.3, -0.25) is 14.9 Å². The van der Waals surface area contributed by atoms with Gasteiger partial charge in [-0.1, -0.05) is 0 Å². The number of carboxylic acids is 1. The number of hydrogen-bond donors (Lipinski definition) is 2. The quantitative estimate of drug-likeness (QED) is 0.552. The van der Waals surface area contributed by atoms with E-state index in [-0.39, 0.29) is 30.5 Å². The minimum Gasteiger partial charge on any atom is -0.481 e. The van der Waals surface area contributed by atoms with Gasteiger partial charge in [-0.25, -0.2) is 4.68 Å². The molecule has 0 aliphatic rings. The largest absolute Gasteiger partial charge is 0.481 e. The molecule has 1 unspecified atom stereocenters. The highest BCUT2D eigenvalue weighted by Gasteiger charge is 2.27. The number of nitrogens with one attached hydrogen (secondary N) is 1. The Morgan fingerprint density at radius 3 is 2.62 bits per heavy atom. The van der Waals surface area contributed by atoms with Crippen LogP contribution in [0.4, 0.5) is 11.5 Å². The number of aliphatic carboxylic acids is 1. The summed E-state index contributed by atoms with van der Waals surface area (Å²) in [7, 11) is 1.40. The van der Waals surface area contributed by atoms with E-state index < -0.39 is 17.0 Å². The highest BCUT2D eigenvalue weighted by atomic mass is 16.6. The van der Waals surface area contributed by atoms with Crippen LogP contribution in [0.25, 0.3) is 0 Å². The van der Waals surface area contributed by atoms with Crippen molar-refractivity contribution in [2.45, 2.75) is 39.3 Å². The van der Waals surface area contributed by atoms with Gasteiger partial charge >= 0.3 is 11.7 Å². The van der Waals surface area contributed by atoms with E-state index in [4.69, 9.17) is 9.84 Å². The minimum absolute atomic E-state index is 0.0691. The number of hydrogen-bond acceptors (Lipinski definition) is 6. The van der Waals surface area contributed by atoms with Gasteiger partial charge < -0.3 is 15.2 Å². The molecule has 0 radical (unpaired) electrons. The first-order valence-corrected chi connectivity index (χ1v) is 6.49. The molecule has 1 aromatic heterocycles. The Hall–Kier alpha value is -2.16. The summed E-state index contributed by atoms with van der Waals surface area (Å²) in [5.41, 5.74) is 0.206. The fourth-order valence-corrected chi connectivity index (χ4v) is 1.94. The number of nitrogens with zero attached hydrogens (tertiary/aromatic N) is 3. The van der Waals surface area contributed by atoms with Gasteiger partial charge in [-0.15, -0.1) is 0 Å². The van der Waals surface area contributed by atoms with Crippen molar-refractivity contribution in [2.75, 3.05) is 19.0 Å². The van der Waals surface area contributed by atoms with Crippen LogP contribution in [0, 0.1) is 17.0 Å². The molecule has 0 aliphatic carbocycles. The van der Waals surface area contributed by atoms with E-state index in [2.05, 4.69) is 10.4 Å². The fraction of sp³-hybridized carbons (Fsp3) is 0.667. The zero-order valence-electron chi connectivity index (χ0n) is 12.5. The number of methoxy groups -OCH3 is 1. The summed E-state index contributed by atoms with van der Waals surface area (Å²) in [6, 6.07) is -0.0691. The number of ether oxygens (including phenoxy) is 1. The van der Waals surface area contributed by atoms with Gasteiger partial charge in [0.1, 0.15) is 5.69 Å². The first-order valence-electron chi connectivity index (χ1n) is 6.49. The van der Waals surface area contributed by atoms with Gasteiger partial charge in [0, 0.05) is 19.7 Å². The molecule has 0 spiro atoms. The lowest BCUT2D eigenvalue weighted by atomic mass is 10.2. The second kappa shape index (κ2) is 7.02. The molecule has 0 amide bonds. The summed E-state index contributed by atoms with van der Waals surface area (Å²) in [6.45, 7) is 5.41. The predicted octanol–water partition coefficient (Wildman–Crippen LogP) is 1.58. The van der Waals surface area contributed by atoms with Gasteiger partial charge in [0.2, 0.25) is 5.82 Å². The Labute approximate surface area is 122 Å². The van der Waals surface area contributed by atoms with E-state index in [0.717, 1.165) is 0 Å². The average molecular weight is 300 g/mol. The summed E-state index contributed by atoms with van der Waals surface area (Å²) >= 11 is 0. The maximum Gasteiger partial charge on any atom is 0.333 e. The van der Waals surface area contributed by atoms with Crippen LogP contribution in [-0.2, 0) is 9.53 Å². The average Bonchev–Trinajstić information content (AvgIpc) is 2.71. The van der Waals surface area contributed by atoms with Crippen molar-refractivity contribution in [3.8, 4) is 0 Å². The van der Waals surface area contributed by atoms with Crippen molar-refractivity contribution in [3.05, 3.63) is 15.8 Å². The third-order valence-electron chi connectivity index (χ3n) is 2.96. The molecule has 9 heteroatoms. The lowest BCUT2D eigenvalue weighted by Gasteiger charge is -2.16. The van der Waals surface area contributed by atoms with Crippen molar-refractivity contribution in [3.63, 3.8) is 0 Å². The Bertz CT molecular complexity index is 526. The topological polar surface area (TPSA) is 120 Å². The molecule has 1 atom stereocenters. The number of aromatic nitrogens is 2. The van der Waals surface area contributed by atoms with Crippen LogP contribution in [0.3, 0.4) is 0 Å². The first-order chi connectivity index (χ1) is 9.77. The van der Waals surface area contributed by atoms with Crippen LogP contribution in [0.2, 0.25) is 0 Å². The van der Waals surface area contributed by atoms with Gasteiger partial charge in [0.25, 0.3) is 0 Å². The van der Waals surface area contributed by atoms with Crippen molar-refractivity contribution in [2.24, 2.45) is 0 Å². The summed E-state index contributed by atoms with van der Waals surface area (Å²) in [4.78, 5) is 21.4. The van der Waals surface area contributed by atoms with Crippen LogP contribution in [-0.4, -0.2) is 45.5 Å². The second-order valence-electron chi connectivity index (χ2n) is 4.91. The smallest absolute Gasteiger partial charge is 0.333 e. The lowest BCUT2D eigenvalue weighted by molar-refractivity contribution is -0.384. The van der Waals surface area contributed by atoms with Crippen LogP contribution >= 0.6 is 0 Å². The highest BCUT2D eigenvalue weighted by Crippen LogP contribution is 2.30. The molecule has 21 heavy (non-hydrogen) atoms. The lowest BCUT2D eigenvalue weighted by Crippen LogP contribution is -2.26. The van der Waals surface area contributed by atoms with Gasteiger partial charge in [0.15, 0.2) is 0 Å². The molecule has 1 rings (SSSR count). The Morgan fingerprint density at radius 1 is 1.57 bits per heavy atom. The minimum atomic E-state index is -0.994. The third kappa shape index (κ3) is 4.15. The van der Waals surface area contributed by atoms with Crippen molar-refractivity contribution >= 4 is 17.5 Å². The van der Waals surface area contributed by atoms with Crippen molar-refractivity contribution in [1.82, 2.24) is 9.78 Å². The van der Waals surface area contributed by atoms with E-state index in [0.29, 0.717) is 5.69 Å². The summed E-state index contributed by atoms with van der Waals surface area (Å²) < 4.78 is 6.56. The number of nitro groups is 1. The predicted molar refractivity (Wildman–Crippen MR) is 75.5 cm³/mol. The molecule has 1 aromatic rings. The molecule has 118 valence electrons. The van der Waals surface area contributed by atoms with E-state index >= 15 is 0 Å². The zero-order valence-corrected chi connectivity index (χ0v) is 12.5. The summed E-state index contributed by atoms with van der Waals surface area (Å²) in [5, 5.41) is 27.0. The molecule has 0 aliphatic heterocycles. The van der Waals surface area contributed by atoms with E-state index in [9.17, 15) is 14.9 Å². The Morgan fingerprint density at radius 2 is 2.19 bits per heavy atom. The van der Waals surface area contributed by atoms with Gasteiger partial charge in [-0.2, -0.15) is 5.10 Å². The summed E-state index contributed by atoms with van der Waals surface area (Å²) in [5.74, 6) is -0.730. The molecule has 0 fully saturated rings. The molecule has 1 heterocycles. The van der Waals surface area contributed by atoms with E-state index in [1.54, 1.807) is 6.92 Å². The monoisotopic (exact) mass is 300 g/mol. The zero-order chi connectivity index (χ0) is 16.2. The summed E-state index contributed by atoms with van der Waals surface area (Å²) in [6.07, 6.45) is -0.774. The van der Waals surface area contributed by atoms with Crippen LogP contribution < -0.4 is 5.32 Å². The van der Waals surface area contributed by atoms with Crippen molar-refractivity contribution in [1.29, 1.82) is 0 Å². The number of carboxylic acid groups (broad SMARTS) is 1. The van der Waals surface area contributed by atoms with Crippen LogP contribution in [0.5, 0.6) is 0 Å².